The quantitative estimate of drug-likeness (QED) is 0.694. The molecular formula is C20H28BNO2. The molecule has 3 nitrogen and oxygen atoms in total. The summed E-state index contributed by atoms with van der Waals surface area (Å²) >= 11 is 0. The minimum absolute atomic E-state index is 0.147. The minimum atomic E-state index is 0.147. The minimum Gasteiger partial charge on any atom is -0.490 e. The third-order valence-corrected chi connectivity index (χ3v) is 4.78. The fourth-order valence-electron chi connectivity index (χ4n) is 3.45. The van der Waals surface area contributed by atoms with E-state index in [1.165, 1.54) is 23.6 Å². The van der Waals surface area contributed by atoms with Gasteiger partial charge in [-0.25, -0.2) is 0 Å². The highest BCUT2D eigenvalue weighted by Gasteiger charge is 2.38. The summed E-state index contributed by atoms with van der Waals surface area (Å²) in [6.07, 6.45) is 3.68. The predicted molar refractivity (Wildman–Crippen MR) is 102 cm³/mol. The van der Waals surface area contributed by atoms with Crippen LogP contribution in [0.5, 0.6) is 5.75 Å². The van der Waals surface area contributed by atoms with Gasteiger partial charge in [-0.1, -0.05) is 70.0 Å². The molecule has 4 heteroatoms. The molecule has 2 aromatic rings. The second-order valence-corrected chi connectivity index (χ2v) is 6.93. The molecule has 0 aliphatic carbocycles. The Morgan fingerprint density at radius 1 is 1.21 bits per heavy atom. The van der Waals surface area contributed by atoms with E-state index in [2.05, 4.69) is 62.0 Å². The monoisotopic (exact) mass is 325 g/mol. The Balaban J connectivity index is 1.64. The van der Waals surface area contributed by atoms with Crippen molar-refractivity contribution in [3.63, 3.8) is 0 Å². The van der Waals surface area contributed by atoms with E-state index in [0.717, 1.165) is 18.6 Å². The smallest absolute Gasteiger partial charge is 0.383 e. The summed E-state index contributed by atoms with van der Waals surface area (Å²) in [7, 11) is 0.242. The molecule has 128 valence electrons. The van der Waals surface area contributed by atoms with Crippen LogP contribution in [-0.2, 0) is 4.65 Å². The van der Waals surface area contributed by atoms with Gasteiger partial charge < -0.3 is 14.2 Å². The predicted octanol–water partition coefficient (Wildman–Crippen LogP) is 4.62. The molecule has 0 N–H and O–H groups in total. The first-order valence-electron chi connectivity index (χ1n) is 9.20. The van der Waals surface area contributed by atoms with Gasteiger partial charge in [0.15, 0.2) is 0 Å². The van der Waals surface area contributed by atoms with E-state index in [4.69, 9.17) is 9.39 Å². The first-order chi connectivity index (χ1) is 11.7. The van der Waals surface area contributed by atoms with Gasteiger partial charge in [-0.3, -0.25) is 0 Å². The Kier molecular flexibility index (Phi) is 5.80. The van der Waals surface area contributed by atoms with Crippen LogP contribution < -0.4 is 4.74 Å². The third-order valence-electron chi connectivity index (χ3n) is 4.78. The van der Waals surface area contributed by atoms with Gasteiger partial charge in [0.25, 0.3) is 0 Å². The molecule has 0 saturated carbocycles. The van der Waals surface area contributed by atoms with E-state index < -0.39 is 0 Å². The third kappa shape index (κ3) is 3.93. The van der Waals surface area contributed by atoms with Crippen molar-refractivity contribution in [2.75, 3.05) is 13.2 Å². The number of rotatable bonds is 7. The van der Waals surface area contributed by atoms with Crippen LogP contribution in [0.2, 0.25) is 6.32 Å². The van der Waals surface area contributed by atoms with Crippen LogP contribution in [0, 0.1) is 0 Å². The van der Waals surface area contributed by atoms with Gasteiger partial charge in [-0.15, -0.1) is 0 Å². The molecule has 1 aliphatic rings. The fourth-order valence-corrected chi connectivity index (χ4v) is 3.45. The molecule has 1 heterocycles. The van der Waals surface area contributed by atoms with Gasteiger partial charge in [0.2, 0.25) is 0 Å². The van der Waals surface area contributed by atoms with E-state index in [0.29, 0.717) is 12.6 Å². The highest BCUT2D eigenvalue weighted by molar-refractivity contribution is 6.49. The molecule has 0 aromatic heterocycles. The summed E-state index contributed by atoms with van der Waals surface area (Å²) in [5.74, 6) is 0.949. The maximum Gasteiger partial charge on any atom is 0.383 e. The Bertz CT molecular complexity index is 656. The summed E-state index contributed by atoms with van der Waals surface area (Å²) in [6.45, 7) is 8.29. The maximum atomic E-state index is 6.27. The van der Waals surface area contributed by atoms with Crippen LogP contribution in [0.15, 0.2) is 42.5 Å². The van der Waals surface area contributed by atoms with E-state index in [-0.39, 0.29) is 13.2 Å². The first-order valence-corrected chi connectivity index (χ1v) is 9.20. The lowest BCUT2D eigenvalue weighted by Gasteiger charge is -2.23. The maximum absolute atomic E-state index is 6.27. The molecule has 0 bridgehead atoms. The van der Waals surface area contributed by atoms with Crippen LogP contribution in [0.25, 0.3) is 10.8 Å². The largest absolute Gasteiger partial charge is 0.490 e. The number of benzene rings is 2. The second-order valence-electron chi connectivity index (χ2n) is 6.93. The standard InChI is InChI=1S/C20H28BNO2/c1-4-5-13-21-22(16(2)3)14-18(24-21)15-23-20-12-8-10-17-9-6-7-11-19(17)20/h6-12,16,18H,4-5,13-15H2,1-3H3. The number of fused-ring (bicyclic) bond motifs is 1. The van der Waals surface area contributed by atoms with Gasteiger partial charge in [0, 0.05) is 11.9 Å². The van der Waals surface area contributed by atoms with Crippen LogP contribution in [0.4, 0.5) is 0 Å². The molecule has 0 amide bonds. The Hall–Kier alpha value is -1.52. The van der Waals surface area contributed by atoms with Crippen LogP contribution in [-0.4, -0.2) is 37.2 Å². The molecule has 3 rings (SSSR count). The van der Waals surface area contributed by atoms with Crippen molar-refractivity contribution < 1.29 is 9.39 Å². The lowest BCUT2D eigenvalue weighted by molar-refractivity contribution is 0.151. The number of hydrogen-bond donors (Lipinski definition) is 0. The molecule has 0 radical (unpaired) electrons. The van der Waals surface area contributed by atoms with Crippen molar-refractivity contribution >= 4 is 17.8 Å². The fraction of sp³-hybridized carbons (Fsp3) is 0.500. The van der Waals surface area contributed by atoms with Gasteiger partial charge >= 0.3 is 7.05 Å². The molecule has 1 atom stereocenters. The lowest BCUT2D eigenvalue weighted by atomic mass is 9.74. The van der Waals surface area contributed by atoms with Gasteiger partial charge in [0.05, 0.1) is 6.10 Å². The Morgan fingerprint density at radius 2 is 2.00 bits per heavy atom. The Labute approximate surface area is 146 Å². The average Bonchev–Trinajstić information content (AvgIpc) is 3.01. The molecule has 1 fully saturated rings. The zero-order valence-electron chi connectivity index (χ0n) is 15.1. The lowest BCUT2D eigenvalue weighted by Crippen LogP contribution is -2.39. The molecule has 1 saturated heterocycles. The van der Waals surface area contributed by atoms with Crippen molar-refractivity contribution in [1.82, 2.24) is 4.81 Å². The number of unbranched alkanes of at least 4 members (excludes halogenated alkanes) is 1. The highest BCUT2D eigenvalue weighted by Crippen LogP contribution is 2.27. The van der Waals surface area contributed by atoms with Crippen molar-refractivity contribution in [2.45, 2.75) is 52.1 Å². The van der Waals surface area contributed by atoms with Gasteiger partial charge in [-0.05, 0) is 23.8 Å². The highest BCUT2D eigenvalue weighted by atomic mass is 16.5. The molecule has 24 heavy (non-hydrogen) atoms. The van der Waals surface area contributed by atoms with Crippen molar-refractivity contribution in [3.05, 3.63) is 42.5 Å². The number of hydrogen-bond acceptors (Lipinski definition) is 3. The van der Waals surface area contributed by atoms with Crippen molar-refractivity contribution in [3.8, 4) is 5.75 Å². The number of nitrogens with zero attached hydrogens (tertiary/aromatic N) is 1. The SMILES string of the molecule is CCCCB1OC(COc2cccc3ccccc23)CN1C(C)C. The average molecular weight is 325 g/mol. The molecule has 1 unspecified atom stereocenters. The van der Waals surface area contributed by atoms with E-state index in [1.54, 1.807) is 0 Å². The van der Waals surface area contributed by atoms with Gasteiger partial charge in [0.1, 0.15) is 12.4 Å². The first kappa shape index (κ1) is 17.3. The normalized spacial score (nSPS) is 18.7. The van der Waals surface area contributed by atoms with E-state index >= 15 is 0 Å². The number of ether oxygens (including phenoxy) is 1. The zero-order chi connectivity index (χ0) is 16.9. The topological polar surface area (TPSA) is 21.7 Å². The van der Waals surface area contributed by atoms with Crippen molar-refractivity contribution in [1.29, 1.82) is 0 Å². The molecule has 1 aliphatic heterocycles. The van der Waals surface area contributed by atoms with Crippen LogP contribution >= 0.6 is 0 Å². The summed E-state index contributed by atoms with van der Waals surface area (Å²) in [5.41, 5.74) is 0. The van der Waals surface area contributed by atoms with Crippen LogP contribution in [0.1, 0.15) is 33.6 Å². The molecular weight excluding hydrogens is 297 g/mol. The summed E-state index contributed by atoms with van der Waals surface area (Å²) < 4.78 is 12.4. The summed E-state index contributed by atoms with van der Waals surface area (Å²) in [6, 6.07) is 15.1. The van der Waals surface area contributed by atoms with E-state index in [1.807, 2.05) is 6.07 Å². The van der Waals surface area contributed by atoms with E-state index in [9.17, 15) is 0 Å². The second kappa shape index (κ2) is 8.04. The zero-order valence-corrected chi connectivity index (χ0v) is 15.1. The van der Waals surface area contributed by atoms with Crippen molar-refractivity contribution in [2.24, 2.45) is 0 Å². The summed E-state index contributed by atoms with van der Waals surface area (Å²) in [5, 5.41) is 2.38. The van der Waals surface area contributed by atoms with Crippen LogP contribution in [0.3, 0.4) is 0 Å². The Morgan fingerprint density at radius 3 is 2.79 bits per heavy atom. The molecule has 0 spiro atoms. The van der Waals surface area contributed by atoms with Gasteiger partial charge in [-0.2, -0.15) is 0 Å². The summed E-state index contributed by atoms with van der Waals surface area (Å²) in [4.78, 5) is 2.47. The molecule has 2 aromatic carbocycles.